The molecule has 0 radical (unpaired) electrons. The highest BCUT2D eigenvalue weighted by atomic mass is 16.5. The van der Waals surface area contributed by atoms with Gasteiger partial charge in [0.05, 0.1) is 17.8 Å². The zero-order valence-corrected chi connectivity index (χ0v) is 19.3. The van der Waals surface area contributed by atoms with Crippen molar-refractivity contribution in [1.82, 2.24) is 10.2 Å². The molecule has 0 aliphatic heterocycles. The van der Waals surface area contributed by atoms with Crippen LogP contribution >= 0.6 is 0 Å². The molecule has 0 fully saturated rings. The summed E-state index contributed by atoms with van der Waals surface area (Å²) in [6.45, 7) is 1.96. The number of hydrogen-bond acceptors (Lipinski definition) is 6. The SMILES string of the molecule is Cc1ccccc1C(N)CC(=O)Oc1ccccc1NC(N)=Nc1ccc(-c2ccccc2)nn1. The van der Waals surface area contributed by atoms with Crippen LogP contribution in [0.25, 0.3) is 11.3 Å². The summed E-state index contributed by atoms with van der Waals surface area (Å²) in [4.78, 5) is 16.8. The Morgan fingerprint density at radius 1 is 0.943 bits per heavy atom. The zero-order chi connectivity index (χ0) is 24.6. The minimum Gasteiger partial charge on any atom is -0.424 e. The van der Waals surface area contributed by atoms with Gasteiger partial charge in [-0.2, -0.15) is 4.99 Å². The molecule has 1 aromatic heterocycles. The van der Waals surface area contributed by atoms with Crippen LogP contribution in [0.15, 0.2) is 96.0 Å². The monoisotopic (exact) mass is 466 g/mol. The number of carbonyl (C=O) groups excluding carboxylic acids is 1. The fourth-order valence-corrected chi connectivity index (χ4v) is 3.55. The summed E-state index contributed by atoms with van der Waals surface area (Å²) in [5.41, 5.74) is 16.4. The van der Waals surface area contributed by atoms with Crippen molar-refractivity contribution >= 4 is 23.4 Å². The van der Waals surface area contributed by atoms with E-state index in [1.54, 1.807) is 30.3 Å². The highest BCUT2D eigenvalue weighted by Crippen LogP contribution is 2.26. The van der Waals surface area contributed by atoms with E-state index in [0.29, 0.717) is 17.3 Å². The lowest BCUT2D eigenvalue weighted by atomic mass is 10.00. The van der Waals surface area contributed by atoms with Crippen LogP contribution in [0.5, 0.6) is 5.75 Å². The number of nitrogens with one attached hydrogen (secondary N) is 1. The largest absolute Gasteiger partial charge is 0.424 e. The fourth-order valence-electron chi connectivity index (χ4n) is 3.55. The van der Waals surface area contributed by atoms with Crippen molar-refractivity contribution in [2.75, 3.05) is 5.32 Å². The van der Waals surface area contributed by atoms with Gasteiger partial charge in [0, 0.05) is 11.6 Å². The van der Waals surface area contributed by atoms with Gasteiger partial charge in [-0.15, -0.1) is 10.2 Å². The average Bonchev–Trinajstić information content (AvgIpc) is 2.86. The molecule has 0 spiro atoms. The molecule has 0 bridgehead atoms. The third kappa shape index (κ3) is 6.27. The van der Waals surface area contributed by atoms with E-state index < -0.39 is 12.0 Å². The van der Waals surface area contributed by atoms with E-state index in [-0.39, 0.29) is 12.4 Å². The Hall–Kier alpha value is -4.56. The molecule has 8 nitrogen and oxygen atoms in total. The van der Waals surface area contributed by atoms with Gasteiger partial charge in [0.1, 0.15) is 0 Å². The van der Waals surface area contributed by atoms with Gasteiger partial charge in [-0.3, -0.25) is 4.79 Å². The molecule has 4 rings (SSSR count). The molecule has 1 atom stereocenters. The Balaban J connectivity index is 1.42. The molecule has 35 heavy (non-hydrogen) atoms. The summed E-state index contributed by atoms with van der Waals surface area (Å²) in [6, 6.07) is 27.5. The molecular weight excluding hydrogens is 440 g/mol. The Labute approximate surface area is 203 Å². The molecule has 8 heteroatoms. The standard InChI is InChI=1S/C27H26N6O2/c1-18-9-5-6-12-20(18)21(28)17-26(34)35-24-14-8-7-13-23(24)30-27(29)31-25-16-15-22(32-33-25)19-10-3-2-4-11-19/h2-16,21H,17,28H2,1H3,(H3,29,30,31,33). The van der Waals surface area contributed by atoms with Crippen LogP contribution in [0.2, 0.25) is 0 Å². The molecule has 0 aliphatic rings. The third-order valence-corrected chi connectivity index (χ3v) is 5.30. The molecule has 1 unspecified atom stereocenters. The molecule has 5 N–H and O–H groups in total. The average molecular weight is 467 g/mol. The second kappa shape index (κ2) is 11.0. The minimum absolute atomic E-state index is 0.0338. The predicted octanol–water partition coefficient (Wildman–Crippen LogP) is 4.51. The molecule has 1 heterocycles. The van der Waals surface area contributed by atoms with Crippen LogP contribution in [0, 0.1) is 6.92 Å². The Kier molecular flexibility index (Phi) is 7.44. The van der Waals surface area contributed by atoms with Crippen molar-refractivity contribution in [2.24, 2.45) is 16.5 Å². The van der Waals surface area contributed by atoms with Crippen LogP contribution in [0.1, 0.15) is 23.6 Å². The van der Waals surface area contributed by atoms with Crippen LogP contribution in [-0.2, 0) is 4.79 Å². The van der Waals surface area contributed by atoms with Gasteiger partial charge in [0.15, 0.2) is 17.5 Å². The maximum atomic E-state index is 12.6. The van der Waals surface area contributed by atoms with E-state index in [2.05, 4.69) is 20.5 Å². The maximum Gasteiger partial charge on any atom is 0.313 e. The first-order valence-electron chi connectivity index (χ1n) is 11.1. The predicted molar refractivity (Wildman–Crippen MR) is 137 cm³/mol. The Morgan fingerprint density at radius 3 is 2.40 bits per heavy atom. The first-order chi connectivity index (χ1) is 17.0. The molecule has 4 aromatic rings. The highest BCUT2D eigenvalue weighted by molar-refractivity contribution is 5.95. The van der Waals surface area contributed by atoms with E-state index >= 15 is 0 Å². The lowest BCUT2D eigenvalue weighted by Crippen LogP contribution is -2.23. The van der Waals surface area contributed by atoms with Gasteiger partial charge in [-0.1, -0.05) is 66.7 Å². The first kappa shape index (κ1) is 23.6. The van der Waals surface area contributed by atoms with Gasteiger partial charge in [0.25, 0.3) is 0 Å². The summed E-state index contributed by atoms with van der Waals surface area (Å²) in [7, 11) is 0. The highest BCUT2D eigenvalue weighted by Gasteiger charge is 2.16. The number of para-hydroxylation sites is 2. The molecule has 0 saturated heterocycles. The van der Waals surface area contributed by atoms with Crippen LogP contribution in [-0.4, -0.2) is 22.1 Å². The minimum atomic E-state index is -0.465. The lowest BCUT2D eigenvalue weighted by Gasteiger charge is -2.15. The van der Waals surface area contributed by atoms with E-state index in [4.69, 9.17) is 16.2 Å². The van der Waals surface area contributed by atoms with Crippen molar-refractivity contribution in [3.05, 3.63) is 102 Å². The molecule has 3 aromatic carbocycles. The van der Waals surface area contributed by atoms with Gasteiger partial charge in [-0.25, -0.2) is 0 Å². The summed E-state index contributed by atoms with van der Waals surface area (Å²) in [5.74, 6) is 0.284. The number of esters is 1. The molecule has 0 aliphatic carbocycles. The number of aliphatic imine (C=N–C) groups is 1. The number of hydrogen-bond donors (Lipinski definition) is 3. The number of nitrogens with two attached hydrogens (primary N) is 2. The van der Waals surface area contributed by atoms with Gasteiger partial charge in [0.2, 0.25) is 0 Å². The number of guanidine groups is 1. The number of benzene rings is 3. The number of aryl methyl sites for hydroxylation is 1. The van der Waals surface area contributed by atoms with Crippen LogP contribution < -0.4 is 21.5 Å². The number of anilines is 1. The van der Waals surface area contributed by atoms with Crippen molar-refractivity contribution < 1.29 is 9.53 Å². The van der Waals surface area contributed by atoms with E-state index in [1.807, 2.05) is 67.6 Å². The summed E-state index contributed by atoms with van der Waals surface area (Å²) in [5, 5.41) is 11.3. The van der Waals surface area contributed by atoms with E-state index in [9.17, 15) is 4.79 Å². The van der Waals surface area contributed by atoms with Crippen molar-refractivity contribution in [3.8, 4) is 17.0 Å². The number of ether oxygens (including phenoxy) is 1. The summed E-state index contributed by atoms with van der Waals surface area (Å²) in [6.07, 6.45) is 0.0338. The van der Waals surface area contributed by atoms with Crippen molar-refractivity contribution in [2.45, 2.75) is 19.4 Å². The molecule has 176 valence electrons. The fraction of sp³-hybridized carbons (Fsp3) is 0.111. The maximum absolute atomic E-state index is 12.6. The Morgan fingerprint density at radius 2 is 1.66 bits per heavy atom. The third-order valence-electron chi connectivity index (χ3n) is 5.30. The van der Waals surface area contributed by atoms with Gasteiger partial charge < -0.3 is 21.5 Å². The quantitative estimate of drug-likeness (QED) is 0.158. The van der Waals surface area contributed by atoms with E-state index in [0.717, 1.165) is 22.4 Å². The molecular formula is C27H26N6O2. The summed E-state index contributed by atoms with van der Waals surface area (Å²) >= 11 is 0. The molecule has 0 saturated carbocycles. The number of nitrogens with zero attached hydrogens (tertiary/aromatic N) is 3. The number of aromatic nitrogens is 2. The Bertz CT molecular complexity index is 1320. The smallest absolute Gasteiger partial charge is 0.313 e. The first-order valence-corrected chi connectivity index (χ1v) is 11.1. The number of rotatable bonds is 7. The van der Waals surface area contributed by atoms with Crippen LogP contribution in [0.3, 0.4) is 0 Å². The van der Waals surface area contributed by atoms with Gasteiger partial charge >= 0.3 is 5.97 Å². The van der Waals surface area contributed by atoms with Gasteiger partial charge in [-0.05, 0) is 42.3 Å². The molecule has 0 amide bonds. The normalized spacial score (nSPS) is 12.1. The second-order valence-electron chi connectivity index (χ2n) is 7.90. The van der Waals surface area contributed by atoms with Crippen LogP contribution in [0.4, 0.5) is 11.5 Å². The lowest BCUT2D eigenvalue weighted by molar-refractivity contribution is -0.134. The van der Waals surface area contributed by atoms with E-state index in [1.165, 1.54) is 0 Å². The zero-order valence-electron chi connectivity index (χ0n) is 19.3. The second-order valence-corrected chi connectivity index (χ2v) is 7.90. The van der Waals surface area contributed by atoms with Crippen molar-refractivity contribution in [3.63, 3.8) is 0 Å². The van der Waals surface area contributed by atoms with Crippen molar-refractivity contribution in [1.29, 1.82) is 0 Å². The summed E-state index contributed by atoms with van der Waals surface area (Å²) < 4.78 is 5.57. The topological polar surface area (TPSA) is 129 Å². The number of carbonyl (C=O) groups is 1.